The molecular weight excluding hydrogens is 279 g/mol. The van der Waals surface area contributed by atoms with Gasteiger partial charge in [0.2, 0.25) is 5.95 Å². The molecule has 0 bridgehead atoms. The molecule has 1 saturated carbocycles. The maximum atomic E-state index is 13.7. The van der Waals surface area contributed by atoms with Crippen LogP contribution in [0.4, 0.5) is 21.5 Å². The van der Waals surface area contributed by atoms with Gasteiger partial charge < -0.3 is 9.80 Å². The summed E-state index contributed by atoms with van der Waals surface area (Å²) >= 11 is 0. The van der Waals surface area contributed by atoms with E-state index in [-0.39, 0.29) is 17.0 Å². The van der Waals surface area contributed by atoms with Crippen molar-refractivity contribution in [2.75, 3.05) is 16.8 Å². The topological polar surface area (TPSA) is 32.3 Å². The fraction of sp³-hybridized carbons (Fsp3) is 0.412. The molecule has 1 fully saturated rings. The van der Waals surface area contributed by atoms with Gasteiger partial charge in [0.15, 0.2) is 0 Å². The van der Waals surface area contributed by atoms with Gasteiger partial charge in [0, 0.05) is 24.1 Å². The molecule has 2 aromatic heterocycles. The summed E-state index contributed by atoms with van der Waals surface area (Å²) < 4.78 is 13.7. The van der Waals surface area contributed by atoms with Crippen molar-refractivity contribution < 1.29 is 4.39 Å². The van der Waals surface area contributed by atoms with Gasteiger partial charge in [-0.05, 0) is 24.1 Å². The fourth-order valence-corrected chi connectivity index (χ4v) is 4.79. The Morgan fingerprint density at radius 3 is 2.86 bits per heavy atom. The molecule has 0 amide bonds. The van der Waals surface area contributed by atoms with E-state index in [1.165, 1.54) is 0 Å². The molecule has 4 nitrogen and oxygen atoms in total. The molecular formula is C17H17FN4. The zero-order chi connectivity index (χ0) is 15.3. The van der Waals surface area contributed by atoms with E-state index in [1.54, 1.807) is 12.3 Å². The van der Waals surface area contributed by atoms with Crippen LogP contribution in [0.3, 0.4) is 0 Å². The van der Waals surface area contributed by atoms with Crippen molar-refractivity contribution in [3.8, 4) is 0 Å². The summed E-state index contributed by atoms with van der Waals surface area (Å²) in [4.78, 5) is 12.8. The van der Waals surface area contributed by atoms with Crippen LogP contribution in [0.2, 0.25) is 0 Å². The van der Waals surface area contributed by atoms with E-state index in [0.29, 0.717) is 0 Å². The average molecular weight is 296 g/mol. The fourth-order valence-electron chi connectivity index (χ4n) is 4.79. The molecule has 3 atom stereocenters. The second-order valence-corrected chi connectivity index (χ2v) is 7.17. The van der Waals surface area contributed by atoms with Crippen molar-refractivity contribution in [1.29, 1.82) is 0 Å². The maximum Gasteiger partial charge on any atom is 0.213 e. The van der Waals surface area contributed by atoms with Crippen molar-refractivity contribution in [3.05, 3.63) is 42.2 Å². The Hall–Kier alpha value is -2.17. The summed E-state index contributed by atoms with van der Waals surface area (Å²) in [6.07, 6.45) is 6.70. The minimum atomic E-state index is -0.393. The first kappa shape index (κ1) is 12.4. The van der Waals surface area contributed by atoms with Gasteiger partial charge in [0.25, 0.3) is 0 Å². The smallest absolute Gasteiger partial charge is 0.213 e. The van der Waals surface area contributed by atoms with Crippen LogP contribution in [0, 0.1) is 11.4 Å². The van der Waals surface area contributed by atoms with Crippen LogP contribution in [0.25, 0.3) is 0 Å². The Labute approximate surface area is 128 Å². The predicted molar refractivity (Wildman–Crippen MR) is 82.8 cm³/mol. The van der Waals surface area contributed by atoms with Crippen LogP contribution in [0.1, 0.15) is 25.8 Å². The molecule has 3 unspecified atom stereocenters. The first-order valence-electron chi connectivity index (χ1n) is 7.59. The summed E-state index contributed by atoms with van der Waals surface area (Å²) in [5.74, 6) is -0.393. The van der Waals surface area contributed by atoms with Gasteiger partial charge in [-0.1, -0.05) is 13.8 Å². The van der Waals surface area contributed by atoms with E-state index >= 15 is 0 Å². The lowest BCUT2D eigenvalue weighted by atomic mass is 9.82. The van der Waals surface area contributed by atoms with Crippen LogP contribution in [0.5, 0.6) is 0 Å². The van der Waals surface area contributed by atoms with Crippen molar-refractivity contribution >= 4 is 17.1 Å². The van der Waals surface area contributed by atoms with Gasteiger partial charge in [-0.15, -0.1) is 0 Å². The largest absolute Gasteiger partial charge is 0.350 e. The second kappa shape index (κ2) is 3.42. The maximum absolute atomic E-state index is 13.7. The number of halogens is 1. The first-order valence-corrected chi connectivity index (χ1v) is 7.59. The molecule has 0 N–H and O–H groups in total. The van der Waals surface area contributed by atoms with Crippen LogP contribution < -0.4 is 9.80 Å². The Balaban J connectivity index is 1.83. The summed E-state index contributed by atoms with van der Waals surface area (Å²) in [7, 11) is 2.12. The van der Waals surface area contributed by atoms with Gasteiger partial charge in [-0.2, -0.15) is 4.39 Å². The van der Waals surface area contributed by atoms with E-state index in [1.807, 2.05) is 18.5 Å². The minimum absolute atomic E-state index is 0.0109. The molecule has 0 radical (unpaired) electrons. The number of nitrogens with zero attached hydrogens (tertiary/aromatic N) is 4. The van der Waals surface area contributed by atoms with Crippen LogP contribution in [-0.2, 0) is 5.41 Å². The molecule has 2 aliphatic heterocycles. The molecule has 22 heavy (non-hydrogen) atoms. The first-order chi connectivity index (χ1) is 10.5. The molecule has 3 aliphatic rings. The predicted octanol–water partition coefficient (Wildman–Crippen LogP) is 3.21. The Morgan fingerprint density at radius 2 is 2.05 bits per heavy atom. The van der Waals surface area contributed by atoms with Gasteiger partial charge in [-0.3, -0.25) is 4.98 Å². The summed E-state index contributed by atoms with van der Waals surface area (Å²) in [6, 6.07) is 3.66. The highest BCUT2D eigenvalue weighted by molar-refractivity contribution is 5.87. The van der Waals surface area contributed by atoms with Crippen LogP contribution in [-0.4, -0.2) is 23.2 Å². The SMILES string of the molecule is CN1c2cnccc2N2c3cnc(F)cc3C3(C)CC3(C)C12. The highest BCUT2D eigenvalue weighted by atomic mass is 19.1. The zero-order valence-corrected chi connectivity index (χ0v) is 12.8. The number of aromatic nitrogens is 2. The number of pyridine rings is 2. The summed E-state index contributed by atoms with van der Waals surface area (Å²) in [6.45, 7) is 4.55. The van der Waals surface area contributed by atoms with E-state index in [2.05, 4.69) is 40.7 Å². The normalized spacial score (nSPS) is 33.9. The third-order valence-corrected chi connectivity index (χ3v) is 6.16. The monoisotopic (exact) mass is 296 g/mol. The van der Waals surface area contributed by atoms with Crippen molar-refractivity contribution in [2.45, 2.75) is 31.8 Å². The van der Waals surface area contributed by atoms with Crippen molar-refractivity contribution in [1.82, 2.24) is 9.97 Å². The number of rotatable bonds is 0. The number of hydrogen-bond donors (Lipinski definition) is 0. The van der Waals surface area contributed by atoms with E-state index in [4.69, 9.17) is 0 Å². The van der Waals surface area contributed by atoms with E-state index in [9.17, 15) is 4.39 Å². The lowest BCUT2D eigenvalue weighted by Crippen LogP contribution is -2.50. The molecule has 2 aromatic rings. The minimum Gasteiger partial charge on any atom is -0.350 e. The molecule has 5 rings (SSSR count). The number of fused-ring (bicyclic) bond motifs is 8. The summed E-state index contributed by atoms with van der Waals surface area (Å²) in [5, 5.41) is 0. The van der Waals surface area contributed by atoms with E-state index < -0.39 is 5.95 Å². The van der Waals surface area contributed by atoms with Gasteiger partial charge in [0.05, 0.1) is 29.5 Å². The third kappa shape index (κ3) is 1.13. The highest BCUT2D eigenvalue weighted by Crippen LogP contribution is 2.74. The molecule has 0 saturated heterocycles. The number of hydrogen-bond acceptors (Lipinski definition) is 4. The lowest BCUT2D eigenvalue weighted by Gasteiger charge is -2.43. The van der Waals surface area contributed by atoms with Crippen molar-refractivity contribution in [3.63, 3.8) is 0 Å². The second-order valence-electron chi connectivity index (χ2n) is 7.17. The standard InChI is InChI=1S/C17H17FN4/c1-16-9-17(16,2)15-21(3)13-7-19-5-4-11(13)22(15)12-8-20-14(18)6-10(12)16/h4-8,15H,9H2,1-3H3. The van der Waals surface area contributed by atoms with Crippen LogP contribution >= 0.6 is 0 Å². The zero-order valence-electron chi connectivity index (χ0n) is 12.8. The van der Waals surface area contributed by atoms with Gasteiger partial charge in [0.1, 0.15) is 6.17 Å². The average Bonchev–Trinajstić information content (AvgIpc) is 2.96. The molecule has 0 aromatic carbocycles. The van der Waals surface area contributed by atoms with Gasteiger partial charge in [-0.25, -0.2) is 4.98 Å². The Bertz CT molecular complexity index is 822. The third-order valence-electron chi connectivity index (χ3n) is 6.16. The molecule has 1 aliphatic carbocycles. The Morgan fingerprint density at radius 1 is 1.23 bits per heavy atom. The lowest BCUT2D eigenvalue weighted by molar-refractivity contribution is 0.363. The van der Waals surface area contributed by atoms with Crippen LogP contribution in [0.15, 0.2) is 30.7 Å². The summed E-state index contributed by atoms with van der Waals surface area (Å²) in [5.41, 5.74) is 4.48. The van der Waals surface area contributed by atoms with Gasteiger partial charge >= 0.3 is 0 Å². The highest BCUT2D eigenvalue weighted by Gasteiger charge is 2.72. The van der Waals surface area contributed by atoms with Crippen molar-refractivity contribution in [2.24, 2.45) is 5.41 Å². The molecule has 4 heterocycles. The molecule has 0 spiro atoms. The quantitative estimate of drug-likeness (QED) is 0.699. The molecule has 5 heteroatoms. The Kier molecular flexibility index (Phi) is 1.93. The molecule has 112 valence electrons. The number of anilines is 3. The van der Waals surface area contributed by atoms with E-state index in [0.717, 1.165) is 29.0 Å².